The number of nitrogens with one attached hydrogen (secondary N) is 2. The van der Waals surface area contributed by atoms with Crippen molar-refractivity contribution < 1.29 is 4.42 Å². The number of nitrogens with zero attached hydrogens (tertiary/aromatic N) is 4. The van der Waals surface area contributed by atoms with Gasteiger partial charge in [0.15, 0.2) is 5.96 Å². The van der Waals surface area contributed by atoms with Crippen LogP contribution in [0.1, 0.15) is 31.2 Å². The highest BCUT2D eigenvalue weighted by Gasteiger charge is 2.20. The zero-order valence-corrected chi connectivity index (χ0v) is 18.0. The molecule has 7 heteroatoms. The molecule has 1 fully saturated rings. The average Bonchev–Trinajstić information content (AvgIpc) is 3.29. The van der Waals surface area contributed by atoms with Gasteiger partial charge in [-0.3, -0.25) is 9.88 Å². The van der Waals surface area contributed by atoms with Crippen LogP contribution in [0.2, 0.25) is 0 Å². The Bertz CT molecular complexity index is 948. The first-order valence-corrected chi connectivity index (χ1v) is 11.0. The van der Waals surface area contributed by atoms with Gasteiger partial charge in [0.1, 0.15) is 12.0 Å². The highest BCUT2D eigenvalue weighted by atomic mass is 16.3. The lowest BCUT2D eigenvalue weighted by molar-refractivity contribution is 0.196. The first kappa shape index (κ1) is 21.1. The van der Waals surface area contributed by atoms with E-state index in [-0.39, 0.29) is 0 Å². The second kappa shape index (κ2) is 10.7. The van der Waals surface area contributed by atoms with Crippen LogP contribution in [-0.4, -0.2) is 46.5 Å². The van der Waals surface area contributed by atoms with E-state index in [1.165, 1.54) is 0 Å². The van der Waals surface area contributed by atoms with Crippen LogP contribution in [0.15, 0.2) is 70.4 Å². The normalized spacial score (nSPS) is 15.7. The van der Waals surface area contributed by atoms with E-state index in [9.17, 15) is 0 Å². The number of pyridine rings is 1. The summed E-state index contributed by atoms with van der Waals surface area (Å²) in [6.07, 6.45) is 5.71. The number of benzene rings is 1. The summed E-state index contributed by atoms with van der Waals surface area (Å²) in [4.78, 5) is 16.2. The minimum atomic E-state index is 0.412. The van der Waals surface area contributed by atoms with Crippen LogP contribution in [-0.2, 0) is 13.1 Å². The summed E-state index contributed by atoms with van der Waals surface area (Å²) < 4.78 is 5.62. The molecule has 0 atom stereocenters. The van der Waals surface area contributed by atoms with Gasteiger partial charge in [-0.1, -0.05) is 24.3 Å². The monoisotopic (exact) mass is 418 g/mol. The van der Waals surface area contributed by atoms with Crippen molar-refractivity contribution in [1.82, 2.24) is 25.5 Å². The van der Waals surface area contributed by atoms with Gasteiger partial charge in [-0.25, -0.2) is 9.98 Å². The molecule has 0 unspecified atom stereocenters. The van der Waals surface area contributed by atoms with Crippen molar-refractivity contribution in [2.24, 2.45) is 4.99 Å². The number of aliphatic imine (C=N–C) groups is 1. The Hall–Kier alpha value is -3.19. The molecule has 7 nitrogen and oxygen atoms in total. The molecular formula is C24H30N6O. The summed E-state index contributed by atoms with van der Waals surface area (Å²) in [5, 5.41) is 6.93. The summed E-state index contributed by atoms with van der Waals surface area (Å²) in [6, 6.07) is 16.4. The van der Waals surface area contributed by atoms with Gasteiger partial charge >= 0.3 is 0 Å². The zero-order valence-electron chi connectivity index (χ0n) is 18.0. The minimum Gasteiger partial charge on any atom is -0.444 e. The fraction of sp³-hybridized carbons (Fsp3) is 0.375. The topological polar surface area (TPSA) is 78.6 Å². The van der Waals surface area contributed by atoms with E-state index in [4.69, 9.17) is 9.41 Å². The van der Waals surface area contributed by atoms with E-state index in [0.29, 0.717) is 18.5 Å². The lowest BCUT2D eigenvalue weighted by Gasteiger charge is -2.32. The van der Waals surface area contributed by atoms with Crippen LogP contribution in [0.4, 0.5) is 0 Å². The number of piperidine rings is 1. The molecule has 2 aromatic heterocycles. The van der Waals surface area contributed by atoms with Gasteiger partial charge in [0.25, 0.3) is 0 Å². The van der Waals surface area contributed by atoms with Gasteiger partial charge in [-0.2, -0.15) is 0 Å². The highest BCUT2D eigenvalue weighted by Crippen LogP contribution is 2.18. The molecular weight excluding hydrogens is 388 g/mol. The molecule has 0 saturated carbocycles. The molecule has 0 spiro atoms. The second-order valence-corrected chi connectivity index (χ2v) is 7.72. The van der Waals surface area contributed by atoms with Crippen LogP contribution >= 0.6 is 0 Å². The van der Waals surface area contributed by atoms with Crippen LogP contribution in [0.5, 0.6) is 0 Å². The summed E-state index contributed by atoms with van der Waals surface area (Å²) >= 11 is 0. The van der Waals surface area contributed by atoms with E-state index >= 15 is 0 Å². The first-order valence-electron chi connectivity index (χ1n) is 11.0. The molecule has 0 radical (unpaired) electrons. The van der Waals surface area contributed by atoms with E-state index < -0.39 is 0 Å². The summed E-state index contributed by atoms with van der Waals surface area (Å²) in [5.74, 6) is 1.46. The Balaban J connectivity index is 1.29. The summed E-state index contributed by atoms with van der Waals surface area (Å²) in [7, 11) is 0. The Morgan fingerprint density at radius 1 is 1.10 bits per heavy atom. The highest BCUT2D eigenvalue weighted by molar-refractivity contribution is 5.80. The standard InChI is InChI=1S/C24H30N6O/c1-2-25-24(27-16-22-18-31-23(28-22)19-8-4-3-5-9-19)29-20-11-14-30(15-12-20)17-21-10-6-7-13-26-21/h3-10,13,18,20H,2,11-12,14-17H2,1H3,(H2,25,27,29). The number of hydrogen-bond acceptors (Lipinski definition) is 5. The molecule has 4 rings (SSSR count). The fourth-order valence-electron chi connectivity index (χ4n) is 3.72. The lowest BCUT2D eigenvalue weighted by Crippen LogP contribution is -2.48. The van der Waals surface area contributed by atoms with Crippen LogP contribution in [0.3, 0.4) is 0 Å². The third-order valence-electron chi connectivity index (χ3n) is 5.36. The molecule has 1 aliphatic heterocycles. The van der Waals surface area contributed by atoms with Crippen molar-refractivity contribution in [3.05, 3.63) is 72.4 Å². The molecule has 0 bridgehead atoms. The molecule has 0 amide bonds. The quantitative estimate of drug-likeness (QED) is 0.452. The first-order chi connectivity index (χ1) is 15.3. The van der Waals surface area contributed by atoms with Crippen LogP contribution in [0, 0.1) is 0 Å². The Morgan fingerprint density at radius 2 is 1.90 bits per heavy atom. The van der Waals surface area contributed by atoms with Crippen molar-refractivity contribution in [3.8, 4) is 11.5 Å². The zero-order chi connectivity index (χ0) is 21.3. The average molecular weight is 419 g/mol. The van der Waals surface area contributed by atoms with Gasteiger partial charge in [0, 0.05) is 44.0 Å². The van der Waals surface area contributed by atoms with Crippen molar-refractivity contribution in [1.29, 1.82) is 0 Å². The van der Waals surface area contributed by atoms with Gasteiger partial charge in [-0.15, -0.1) is 0 Å². The van der Waals surface area contributed by atoms with Crippen molar-refractivity contribution >= 4 is 5.96 Å². The molecule has 3 aromatic rings. The van der Waals surface area contributed by atoms with Gasteiger partial charge in [0.05, 0.1) is 12.2 Å². The molecule has 31 heavy (non-hydrogen) atoms. The maximum absolute atomic E-state index is 5.62. The van der Waals surface area contributed by atoms with Gasteiger partial charge < -0.3 is 15.1 Å². The Kier molecular flexibility index (Phi) is 7.28. The molecule has 2 N–H and O–H groups in total. The fourth-order valence-corrected chi connectivity index (χ4v) is 3.72. The van der Waals surface area contributed by atoms with Crippen LogP contribution in [0.25, 0.3) is 11.5 Å². The van der Waals surface area contributed by atoms with Crippen molar-refractivity contribution in [2.75, 3.05) is 19.6 Å². The molecule has 1 aliphatic rings. The number of oxazole rings is 1. The molecule has 162 valence electrons. The number of likely N-dealkylation sites (tertiary alicyclic amines) is 1. The van der Waals surface area contributed by atoms with Crippen LogP contribution < -0.4 is 10.6 Å². The predicted octanol–water partition coefficient (Wildman–Crippen LogP) is 3.46. The summed E-state index contributed by atoms with van der Waals surface area (Å²) in [5.41, 5.74) is 2.92. The SMILES string of the molecule is CCNC(=NCc1coc(-c2ccccc2)n1)NC1CCN(Cc2ccccn2)CC1. The molecule has 3 heterocycles. The van der Waals surface area contributed by atoms with E-state index in [1.807, 2.05) is 48.7 Å². The van der Waals surface area contributed by atoms with Crippen molar-refractivity contribution in [2.45, 2.75) is 38.9 Å². The van der Waals surface area contributed by atoms with Gasteiger partial charge in [-0.05, 0) is 44.0 Å². The smallest absolute Gasteiger partial charge is 0.226 e. The number of hydrogen-bond donors (Lipinski definition) is 2. The number of guanidine groups is 1. The summed E-state index contributed by atoms with van der Waals surface area (Å²) in [6.45, 7) is 6.39. The van der Waals surface area contributed by atoms with E-state index in [0.717, 1.165) is 61.9 Å². The second-order valence-electron chi connectivity index (χ2n) is 7.72. The molecule has 0 aliphatic carbocycles. The van der Waals surface area contributed by atoms with Gasteiger partial charge in [0.2, 0.25) is 5.89 Å². The van der Waals surface area contributed by atoms with Crippen molar-refractivity contribution in [3.63, 3.8) is 0 Å². The Morgan fingerprint density at radius 3 is 2.65 bits per heavy atom. The maximum atomic E-state index is 5.62. The maximum Gasteiger partial charge on any atom is 0.226 e. The number of rotatable bonds is 7. The third kappa shape index (κ3) is 6.15. The molecule has 1 saturated heterocycles. The lowest BCUT2D eigenvalue weighted by atomic mass is 10.0. The predicted molar refractivity (Wildman–Crippen MR) is 122 cm³/mol. The largest absolute Gasteiger partial charge is 0.444 e. The third-order valence-corrected chi connectivity index (χ3v) is 5.36. The number of aromatic nitrogens is 2. The van der Waals surface area contributed by atoms with E-state index in [2.05, 4.69) is 38.5 Å². The Labute approximate surface area is 183 Å². The van der Waals surface area contributed by atoms with E-state index in [1.54, 1.807) is 6.26 Å². The molecule has 1 aromatic carbocycles. The minimum absolute atomic E-state index is 0.412.